The van der Waals surface area contributed by atoms with Gasteiger partial charge in [-0.25, -0.2) is 0 Å². The second kappa shape index (κ2) is 6.05. The minimum Gasteiger partial charge on any atom is -0.396 e. The zero-order valence-electron chi connectivity index (χ0n) is 5.88. The quantitative estimate of drug-likeness (QED) is 0.590. The Labute approximate surface area is 56.5 Å². The lowest BCUT2D eigenvalue weighted by atomic mass is 10.0. The summed E-state index contributed by atoms with van der Waals surface area (Å²) in [7, 11) is 0. The Kier molecular flexibility index (Phi) is 5.99. The van der Waals surface area contributed by atoms with Gasteiger partial charge in [-0.05, 0) is 18.8 Å². The average molecular weight is 131 g/mol. The number of aliphatic hydroxyl groups is 2. The molecule has 0 amide bonds. The van der Waals surface area contributed by atoms with Gasteiger partial charge < -0.3 is 10.2 Å². The van der Waals surface area contributed by atoms with E-state index in [4.69, 9.17) is 10.2 Å². The molecule has 0 aliphatic carbocycles. The van der Waals surface area contributed by atoms with Crippen molar-refractivity contribution in [2.24, 2.45) is 5.92 Å². The van der Waals surface area contributed by atoms with Gasteiger partial charge in [-0.1, -0.05) is 13.3 Å². The fourth-order valence-corrected chi connectivity index (χ4v) is 0.738. The highest BCUT2D eigenvalue weighted by Crippen LogP contribution is 2.11. The van der Waals surface area contributed by atoms with Gasteiger partial charge in [-0.2, -0.15) is 0 Å². The topological polar surface area (TPSA) is 40.5 Å². The Morgan fingerprint density at radius 1 is 1.56 bits per heavy atom. The largest absolute Gasteiger partial charge is 0.396 e. The van der Waals surface area contributed by atoms with Crippen LogP contribution in [0.15, 0.2) is 0 Å². The van der Waals surface area contributed by atoms with Gasteiger partial charge in [0.1, 0.15) is 0 Å². The van der Waals surface area contributed by atoms with E-state index in [2.05, 4.69) is 0 Å². The Balaban J connectivity index is 3.09. The summed E-state index contributed by atoms with van der Waals surface area (Å²) in [4.78, 5) is 0. The molecule has 0 fully saturated rings. The maximum atomic E-state index is 8.55. The molecule has 9 heavy (non-hydrogen) atoms. The molecule has 2 N–H and O–H groups in total. The minimum absolute atomic E-state index is 0.227. The van der Waals surface area contributed by atoms with Gasteiger partial charge in [0.15, 0.2) is 0 Å². The molecular weight excluding hydrogens is 116 g/mol. The summed E-state index contributed by atoms with van der Waals surface area (Å²) >= 11 is 0. The molecule has 2 nitrogen and oxygen atoms in total. The molecule has 1 radical (unpaired) electrons. The van der Waals surface area contributed by atoms with Crippen molar-refractivity contribution in [2.75, 3.05) is 6.61 Å². The Hall–Kier alpha value is -0.0800. The van der Waals surface area contributed by atoms with Crippen molar-refractivity contribution >= 4 is 0 Å². The van der Waals surface area contributed by atoms with E-state index in [1.807, 2.05) is 6.92 Å². The predicted molar refractivity (Wildman–Crippen MR) is 36.3 cm³/mol. The molecule has 0 heterocycles. The summed E-state index contributed by atoms with van der Waals surface area (Å²) < 4.78 is 0. The van der Waals surface area contributed by atoms with Gasteiger partial charge in [0.2, 0.25) is 0 Å². The first-order valence-electron chi connectivity index (χ1n) is 3.43. The van der Waals surface area contributed by atoms with Crippen LogP contribution in [0.5, 0.6) is 0 Å². The van der Waals surface area contributed by atoms with Gasteiger partial charge in [-0.3, -0.25) is 0 Å². The van der Waals surface area contributed by atoms with Crippen LogP contribution in [-0.4, -0.2) is 16.8 Å². The number of hydrogen-bond donors (Lipinski definition) is 2. The van der Waals surface area contributed by atoms with E-state index in [1.165, 1.54) is 6.61 Å². The van der Waals surface area contributed by atoms with E-state index in [0.29, 0.717) is 0 Å². The van der Waals surface area contributed by atoms with Crippen LogP contribution in [0, 0.1) is 12.5 Å². The fourth-order valence-electron chi connectivity index (χ4n) is 0.738. The lowest BCUT2D eigenvalue weighted by Crippen LogP contribution is -1.99. The monoisotopic (exact) mass is 131 g/mol. The van der Waals surface area contributed by atoms with Crippen LogP contribution >= 0.6 is 0 Å². The number of hydrogen-bond acceptors (Lipinski definition) is 2. The third kappa shape index (κ3) is 4.43. The van der Waals surface area contributed by atoms with Gasteiger partial charge in [0.05, 0.1) is 6.61 Å². The maximum absolute atomic E-state index is 8.55. The SMILES string of the molecule is CCC([CH]O)CCCO. The van der Waals surface area contributed by atoms with Crippen LogP contribution in [0.4, 0.5) is 0 Å². The molecule has 0 aliphatic heterocycles. The molecule has 0 bridgehead atoms. The van der Waals surface area contributed by atoms with Crippen LogP contribution < -0.4 is 0 Å². The van der Waals surface area contributed by atoms with Crippen LogP contribution in [0.25, 0.3) is 0 Å². The van der Waals surface area contributed by atoms with Crippen LogP contribution in [0.1, 0.15) is 26.2 Å². The zero-order valence-corrected chi connectivity index (χ0v) is 5.88. The second-order valence-corrected chi connectivity index (χ2v) is 2.18. The fraction of sp³-hybridized carbons (Fsp3) is 0.857. The standard InChI is InChI=1S/C7H15O2/c1-2-7(6-9)4-3-5-8/h6-9H,2-5H2,1H3. The first-order chi connectivity index (χ1) is 4.35. The predicted octanol–water partition coefficient (Wildman–Crippen LogP) is 1.32. The second-order valence-electron chi connectivity index (χ2n) is 2.18. The number of aliphatic hydroxyl groups excluding tert-OH is 2. The van der Waals surface area contributed by atoms with Crippen molar-refractivity contribution in [1.82, 2.24) is 0 Å². The van der Waals surface area contributed by atoms with Gasteiger partial charge >= 0.3 is 0 Å². The molecule has 1 unspecified atom stereocenters. The zero-order chi connectivity index (χ0) is 7.11. The van der Waals surface area contributed by atoms with Crippen molar-refractivity contribution in [1.29, 1.82) is 0 Å². The summed E-state index contributed by atoms with van der Waals surface area (Å²) in [5, 5.41) is 17.0. The van der Waals surface area contributed by atoms with Crippen LogP contribution in [-0.2, 0) is 0 Å². The highest BCUT2D eigenvalue weighted by molar-refractivity contribution is 4.63. The van der Waals surface area contributed by atoms with Crippen molar-refractivity contribution in [3.8, 4) is 0 Å². The van der Waals surface area contributed by atoms with Gasteiger partial charge in [-0.15, -0.1) is 0 Å². The molecule has 0 saturated heterocycles. The summed E-state index contributed by atoms with van der Waals surface area (Å²) in [5.74, 6) is 0.275. The van der Waals surface area contributed by atoms with Gasteiger partial charge in [0, 0.05) is 6.61 Å². The van der Waals surface area contributed by atoms with E-state index in [1.54, 1.807) is 0 Å². The maximum Gasteiger partial charge on any atom is 0.0829 e. The summed E-state index contributed by atoms with van der Waals surface area (Å²) in [6, 6.07) is 0. The summed E-state index contributed by atoms with van der Waals surface area (Å²) in [6.07, 6.45) is 2.63. The molecular formula is C7H15O2. The lowest BCUT2D eigenvalue weighted by Gasteiger charge is -2.07. The lowest BCUT2D eigenvalue weighted by molar-refractivity contribution is 0.250. The molecule has 0 aromatic heterocycles. The highest BCUT2D eigenvalue weighted by Gasteiger charge is 2.02. The summed E-state index contributed by atoms with van der Waals surface area (Å²) in [6.45, 7) is 3.47. The van der Waals surface area contributed by atoms with Crippen molar-refractivity contribution in [2.45, 2.75) is 26.2 Å². The van der Waals surface area contributed by atoms with Crippen molar-refractivity contribution in [3.63, 3.8) is 0 Å². The third-order valence-corrected chi connectivity index (χ3v) is 1.47. The molecule has 1 atom stereocenters. The van der Waals surface area contributed by atoms with E-state index in [0.717, 1.165) is 19.3 Å². The normalized spacial score (nSPS) is 13.7. The molecule has 2 heteroatoms. The van der Waals surface area contributed by atoms with E-state index < -0.39 is 0 Å². The first-order valence-corrected chi connectivity index (χ1v) is 3.43. The van der Waals surface area contributed by atoms with Gasteiger partial charge in [0.25, 0.3) is 0 Å². The van der Waals surface area contributed by atoms with E-state index in [-0.39, 0.29) is 12.5 Å². The first kappa shape index (κ1) is 8.92. The minimum atomic E-state index is 0.227. The van der Waals surface area contributed by atoms with E-state index in [9.17, 15) is 0 Å². The van der Waals surface area contributed by atoms with Crippen molar-refractivity contribution in [3.05, 3.63) is 6.61 Å². The summed E-state index contributed by atoms with van der Waals surface area (Å²) in [5.41, 5.74) is 0. The number of rotatable bonds is 5. The molecule has 0 saturated carbocycles. The molecule has 55 valence electrons. The van der Waals surface area contributed by atoms with E-state index >= 15 is 0 Å². The van der Waals surface area contributed by atoms with Crippen molar-refractivity contribution < 1.29 is 10.2 Å². The molecule has 0 aromatic carbocycles. The smallest absolute Gasteiger partial charge is 0.0829 e. The highest BCUT2D eigenvalue weighted by atomic mass is 16.3. The van der Waals surface area contributed by atoms with Crippen LogP contribution in [0.3, 0.4) is 0 Å². The molecule has 0 rings (SSSR count). The molecule has 0 aliphatic rings. The Morgan fingerprint density at radius 3 is 2.56 bits per heavy atom. The Morgan fingerprint density at radius 2 is 2.22 bits per heavy atom. The molecule has 0 spiro atoms. The average Bonchev–Trinajstić information content (AvgIpc) is 1.91. The Bertz CT molecular complexity index is 50.9. The van der Waals surface area contributed by atoms with Crippen LogP contribution in [0.2, 0.25) is 0 Å². The molecule has 0 aromatic rings. The third-order valence-electron chi connectivity index (χ3n) is 1.47.